The number of rotatable bonds is 6. The summed E-state index contributed by atoms with van der Waals surface area (Å²) >= 11 is 0. The number of nitro groups is 1. The van der Waals surface area contributed by atoms with Gasteiger partial charge < -0.3 is 14.8 Å². The number of anilines is 1. The van der Waals surface area contributed by atoms with Crippen molar-refractivity contribution >= 4 is 17.5 Å². The third-order valence-corrected chi connectivity index (χ3v) is 4.45. The van der Waals surface area contributed by atoms with Gasteiger partial charge in [0.15, 0.2) is 0 Å². The zero-order valence-electron chi connectivity index (χ0n) is 14.9. The van der Waals surface area contributed by atoms with Gasteiger partial charge in [0.25, 0.3) is 0 Å². The number of aryl methyl sites for hydroxylation is 1. The van der Waals surface area contributed by atoms with Gasteiger partial charge in [0.1, 0.15) is 5.75 Å². The molecule has 3 rings (SSSR count). The predicted octanol–water partition coefficient (Wildman–Crippen LogP) is 3.87. The van der Waals surface area contributed by atoms with E-state index in [1.54, 1.807) is 12.1 Å². The molecule has 1 atom stereocenters. The van der Waals surface area contributed by atoms with Crippen LogP contribution in [0.15, 0.2) is 30.5 Å². The van der Waals surface area contributed by atoms with Crippen molar-refractivity contribution in [1.29, 1.82) is 0 Å². The SMILES string of the molecule is COC(=O)c1cnc(NC2CCCc3cc(OC(F)F)ccc32)c([N+](=O)[O-])c1. The summed E-state index contributed by atoms with van der Waals surface area (Å²) in [6.07, 6.45) is 3.33. The molecule has 0 amide bonds. The molecule has 1 heterocycles. The summed E-state index contributed by atoms with van der Waals surface area (Å²) in [6.45, 7) is -2.91. The molecule has 0 spiro atoms. The van der Waals surface area contributed by atoms with Crippen LogP contribution < -0.4 is 10.1 Å². The van der Waals surface area contributed by atoms with Crippen molar-refractivity contribution in [3.05, 3.63) is 57.3 Å². The standard InChI is InChI=1S/C18H17F2N3O5/c1-27-17(24)11-8-15(23(25)26)16(21-9-11)22-14-4-2-3-10-7-12(28-18(19)20)5-6-13(10)14/h5-9,14,18H,2-4H2,1H3,(H,21,22). The number of carbonyl (C=O) groups is 1. The Labute approximate surface area is 158 Å². The predicted molar refractivity (Wildman–Crippen MR) is 94.6 cm³/mol. The summed E-state index contributed by atoms with van der Waals surface area (Å²) in [5, 5.41) is 14.4. The number of nitrogens with one attached hydrogen (secondary N) is 1. The minimum absolute atomic E-state index is 0.0170. The van der Waals surface area contributed by atoms with Crippen LogP contribution in [0.4, 0.5) is 20.3 Å². The molecular formula is C18H17F2N3O5. The van der Waals surface area contributed by atoms with Crippen molar-refractivity contribution in [3.63, 3.8) is 0 Å². The van der Waals surface area contributed by atoms with Crippen LogP contribution in [0.2, 0.25) is 0 Å². The van der Waals surface area contributed by atoms with Crippen LogP contribution in [0.25, 0.3) is 0 Å². The zero-order valence-corrected chi connectivity index (χ0v) is 14.9. The van der Waals surface area contributed by atoms with E-state index in [0.29, 0.717) is 12.8 Å². The monoisotopic (exact) mass is 393 g/mol. The van der Waals surface area contributed by atoms with Crippen molar-refractivity contribution < 1.29 is 28.0 Å². The summed E-state index contributed by atoms with van der Waals surface area (Å²) in [4.78, 5) is 26.4. The molecule has 0 saturated carbocycles. The summed E-state index contributed by atoms with van der Waals surface area (Å²) in [6, 6.07) is 5.47. The van der Waals surface area contributed by atoms with Gasteiger partial charge in [-0.1, -0.05) is 6.07 Å². The Morgan fingerprint density at radius 3 is 2.86 bits per heavy atom. The smallest absolute Gasteiger partial charge is 0.387 e. The minimum Gasteiger partial charge on any atom is -0.465 e. The van der Waals surface area contributed by atoms with Crippen LogP contribution in [0.5, 0.6) is 5.75 Å². The molecule has 0 aliphatic heterocycles. The molecular weight excluding hydrogens is 376 g/mol. The molecule has 0 fully saturated rings. The highest BCUT2D eigenvalue weighted by atomic mass is 19.3. The number of methoxy groups -OCH3 is 1. The Balaban J connectivity index is 1.89. The van der Waals surface area contributed by atoms with Gasteiger partial charge in [0.05, 0.1) is 23.6 Å². The Morgan fingerprint density at radius 1 is 1.39 bits per heavy atom. The number of carbonyl (C=O) groups excluding carboxylic acids is 1. The molecule has 28 heavy (non-hydrogen) atoms. The lowest BCUT2D eigenvalue weighted by Gasteiger charge is -2.27. The van der Waals surface area contributed by atoms with Crippen molar-refractivity contribution in [1.82, 2.24) is 4.98 Å². The van der Waals surface area contributed by atoms with E-state index in [4.69, 9.17) is 0 Å². The van der Waals surface area contributed by atoms with Gasteiger partial charge in [0.2, 0.25) is 5.82 Å². The molecule has 1 aliphatic rings. The number of esters is 1. The fraction of sp³-hybridized carbons (Fsp3) is 0.333. The number of hydrogen-bond donors (Lipinski definition) is 1. The van der Waals surface area contributed by atoms with Gasteiger partial charge in [-0.25, -0.2) is 9.78 Å². The first-order chi connectivity index (χ1) is 13.4. The number of hydrogen-bond acceptors (Lipinski definition) is 7. The average molecular weight is 393 g/mol. The highest BCUT2D eigenvalue weighted by Gasteiger charge is 2.26. The van der Waals surface area contributed by atoms with Crippen molar-refractivity contribution in [3.8, 4) is 5.75 Å². The summed E-state index contributed by atoms with van der Waals surface area (Å²) in [5.41, 5.74) is 1.28. The molecule has 0 radical (unpaired) electrons. The highest BCUT2D eigenvalue weighted by molar-refractivity contribution is 5.90. The quantitative estimate of drug-likeness (QED) is 0.451. The van der Waals surface area contributed by atoms with Crippen LogP contribution >= 0.6 is 0 Å². The molecule has 1 N–H and O–H groups in total. The lowest BCUT2D eigenvalue weighted by molar-refractivity contribution is -0.384. The molecule has 148 valence electrons. The van der Waals surface area contributed by atoms with Crippen molar-refractivity contribution in [2.75, 3.05) is 12.4 Å². The van der Waals surface area contributed by atoms with Gasteiger partial charge in [-0.15, -0.1) is 0 Å². The molecule has 1 aliphatic carbocycles. The van der Waals surface area contributed by atoms with Gasteiger partial charge >= 0.3 is 18.3 Å². The lowest BCUT2D eigenvalue weighted by Crippen LogP contribution is -2.19. The summed E-state index contributed by atoms with van der Waals surface area (Å²) in [7, 11) is 1.17. The van der Waals surface area contributed by atoms with Crippen LogP contribution in [0.3, 0.4) is 0 Å². The maximum Gasteiger partial charge on any atom is 0.387 e. The van der Waals surface area contributed by atoms with Crippen LogP contribution in [0, 0.1) is 10.1 Å². The number of pyridine rings is 1. The first-order valence-corrected chi connectivity index (χ1v) is 8.46. The van der Waals surface area contributed by atoms with Crippen molar-refractivity contribution in [2.45, 2.75) is 31.9 Å². The van der Waals surface area contributed by atoms with E-state index < -0.39 is 17.5 Å². The number of ether oxygens (including phenoxy) is 2. The number of benzene rings is 1. The highest BCUT2D eigenvalue weighted by Crippen LogP contribution is 2.36. The molecule has 0 saturated heterocycles. The first kappa shape index (κ1) is 19.5. The molecule has 1 unspecified atom stereocenters. The fourth-order valence-electron chi connectivity index (χ4n) is 3.21. The third kappa shape index (κ3) is 4.16. The fourth-order valence-corrected chi connectivity index (χ4v) is 3.21. The second-order valence-corrected chi connectivity index (χ2v) is 6.17. The molecule has 2 aromatic rings. The number of nitrogens with zero attached hydrogens (tertiary/aromatic N) is 2. The Kier molecular flexibility index (Phi) is 5.67. The van der Waals surface area contributed by atoms with Crippen LogP contribution in [-0.2, 0) is 11.2 Å². The molecule has 0 bridgehead atoms. The van der Waals surface area contributed by atoms with E-state index >= 15 is 0 Å². The number of aromatic nitrogens is 1. The van der Waals surface area contributed by atoms with E-state index in [0.717, 1.165) is 23.6 Å². The second kappa shape index (κ2) is 8.15. The zero-order chi connectivity index (χ0) is 20.3. The number of fused-ring (bicyclic) bond motifs is 1. The average Bonchev–Trinajstić information content (AvgIpc) is 2.67. The molecule has 8 nitrogen and oxygen atoms in total. The minimum atomic E-state index is -2.91. The van der Waals surface area contributed by atoms with Crippen LogP contribution in [-0.4, -0.2) is 29.6 Å². The molecule has 10 heteroatoms. The Bertz CT molecular complexity index is 907. The number of alkyl halides is 2. The maximum atomic E-state index is 12.4. The largest absolute Gasteiger partial charge is 0.465 e. The third-order valence-electron chi connectivity index (χ3n) is 4.45. The van der Waals surface area contributed by atoms with E-state index in [2.05, 4.69) is 19.8 Å². The molecule has 1 aromatic heterocycles. The van der Waals surface area contributed by atoms with E-state index in [9.17, 15) is 23.7 Å². The van der Waals surface area contributed by atoms with Gasteiger partial charge in [-0.05, 0) is 42.5 Å². The van der Waals surface area contributed by atoms with E-state index in [1.165, 1.54) is 19.4 Å². The second-order valence-electron chi connectivity index (χ2n) is 6.17. The van der Waals surface area contributed by atoms with Gasteiger partial charge in [-0.3, -0.25) is 10.1 Å². The normalized spacial score (nSPS) is 15.6. The van der Waals surface area contributed by atoms with Crippen molar-refractivity contribution in [2.24, 2.45) is 0 Å². The molecule has 1 aromatic carbocycles. The van der Waals surface area contributed by atoms with E-state index in [-0.39, 0.29) is 28.9 Å². The van der Waals surface area contributed by atoms with E-state index in [1.807, 2.05) is 0 Å². The summed E-state index contributed by atoms with van der Waals surface area (Å²) < 4.78 is 33.8. The Hall–Kier alpha value is -3.30. The van der Waals surface area contributed by atoms with Gasteiger partial charge in [-0.2, -0.15) is 8.78 Å². The van der Waals surface area contributed by atoms with Gasteiger partial charge in [0, 0.05) is 12.3 Å². The summed E-state index contributed by atoms with van der Waals surface area (Å²) in [5.74, 6) is -0.638. The maximum absolute atomic E-state index is 12.4. The topological polar surface area (TPSA) is 104 Å². The number of halogens is 2. The first-order valence-electron chi connectivity index (χ1n) is 8.46. The Morgan fingerprint density at radius 2 is 2.18 bits per heavy atom. The lowest BCUT2D eigenvalue weighted by atomic mass is 9.87. The van der Waals surface area contributed by atoms with Crippen LogP contribution in [0.1, 0.15) is 40.4 Å².